The highest BCUT2D eigenvalue weighted by Crippen LogP contribution is 2.25. The summed E-state index contributed by atoms with van der Waals surface area (Å²) in [6.45, 7) is 3.57. The number of thiazole rings is 1. The third kappa shape index (κ3) is 4.05. The molecule has 0 bridgehead atoms. The van der Waals surface area contributed by atoms with Crippen LogP contribution < -0.4 is 5.56 Å². The van der Waals surface area contributed by atoms with Crippen molar-refractivity contribution in [2.75, 3.05) is 0 Å². The summed E-state index contributed by atoms with van der Waals surface area (Å²) in [5.41, 5.74) is 0.222. The molecular formula is C19H18N2O5S2. The Bertz CT molecular complexity index is 1180. The van der Waals surface area contributed by atoms with Crippen molar-refractivity contribution in [3.8, 4) is 11.3 Å². The van der Waals surface area contributed by atoms with Crippen molar-refractivity contribution in [2.45, 2.75) is 30.4 Å². The van der Waals surface area contributed by atoms with Crippen LogP contribution in [0, 0.1) is 0 Å². The minimum atomic E-state index is -3.56. The molecule has 3 rings (SSSR count). The van der Waals surface area contributed by atoms with Crippen LogP contribution in [-0.4, -0.2) is 29.5 Å². The molecule has 7 nitrogen and oxygen atoms in total. The highest BCUT2D eigenvalue weighted by Gasteiger charge is 2.21. The third-order valence-electron chi connectivity index (χ3n) is 4.12. The maximum absolute atomic E-state index is 12.5. The molecule has 3 aromatic rings. The molecule has 1 aromatic carbocycles. The van der Waals surface area contributed by atoms with Gasteiger partial charge in [-0.05, 0) is 24.1 Å². The van der Waals surface area contributed by atoms with Crippen LogP contribution in [-0.2, 0) is 15.6 Å². The molecule has 9 heteroatoms. The Morgan fingerprint density at radius 3 is 2.54 bits per heavy atom. The Labute approximate surface area is 165 Å². The number of nitrogens with zero attached hydrogens (tertiary/aromatic N) is 1. The summed E-state index contributed by atoms with van der Waals surface area (Å²) in [6, 6.07) is 9.33. The number of aromatic amines is 1. The molecule has 2 aromatic heterocycles. The number of benzene rings is 1. The fourth-order valence-corrected chi connectivity index (χ4v) is 5.19. The fraction of sp³-hybridized carbons (Fsp3) is 0.211. The van der Waals surface area contributed by atoms with Gasteiger partial charge in [-0.1, -0.05) is 32.0 Å². The molecule has 0 aliphatic rings. The molecule has 0 radical (unpaired) electrons. The van der Waals surface area contributed by atoms with Gasteiger partial charge in [0.05, 0.1) is 21.7 Å². The minimum absolute atomic E-state index is 0.00365. The highest BCUT2D eigenvalue weighted by molar-refractivity contribution is 7.90. The van der Waals surface area contributed by atoms with E-state index in [0.29, 0.717) is 10.7 Å². The first-order valence-electron chi connectivity index (χ1n) is 8.42. The Kier molecular flexibility index (Phi) is 5.48. The van der Waals surface area contributed by atoms with E-state index in [1.807, 2.05) is 0 Å². The van der Waals surface area contributed by atoms with Gasteiger partial charge in [0.2, 0.25) is 0 Å². The lowest BCUT2D eigenvalue weighted by molar-refractivity contribution is 0.0694. The summed E-state index contributed by atoms with van der Waals surface area (Å²) in [6.07, 6.45) is 0. The van der Waals surface area contributed by atoms with E-state index in [9.17, 15) is 23.1 Å². The number of hydrogen-bond donors (Lipinski definition) is 2. The number of rotatable bonds is 6. The van der Waals surface area contributed by atoms with E-state index in [0.717, 1.165) is 11.3 Å². The van der Waals surface area contributed by atoms with Gasteiger partial charge < -0.3 is 10.1 Å². The molecule has 0 fully saturated rings. The predicted molar refractivity (Wildman–Crippen MR) is 107 cm³/mol. The molecular weight excluding hydrogens is 400 g/mol. The zero-order valence-electron chi connectivity index (χ0n) is 15.2. The number of carboxylic acids is 1. The number of H-pyrrole nitrogens is 1. The number of aromatic nitrogens is 2. The zero-order valence-corrected chi connectivity index (χ0v) is 16.8. The van der Waals surface area contributed by atoms with E-state index in [4.69, 9.17) is 0 Å². The van der Waals surface area contributed by atoms with Gasteiger partial charge in [0, 0.05) is 11.1 Å². The Balaban J connectivity index is 1.98. The van der Waals surface area contributed by atoms with Crippen LogP contribution in [0.4, 0.5) is 0 Å². The molecule has 0 unspecified atom stereocenters. The Morgan fingerprint density at radius 1 is 1.25 bits per heavy atom. The maximum Gasteiger partial charge on any atom is 0.337 e. The van der Waals surface area contributed by atoms with Gasteiger partial charge in [0.15, 0.2) is 9.84 Å². The number of hydrogen-bond acceptors (Lipinski definition) is 6. The van der Waals surface area contributed by atoms with Crippen LogP contribution >= 0.6 is 11.3 Å². The van der Waals surface area contributed by atoms with Gasteiger partial charge in [-0.3, -0.25) is 4.79 Å². The second-order valence-corrected chi connectivity index (χ2v) is 9.43. The van der Waals surface area contributed by atoms with Crippen molar-refractivity contribution in [2.24, 2.45) is 0 Å². The zero-order chi connectivity index (χ0) is 20.5. The molecule has 0 aliphatic heterocycles. The summed E-state index contributed by atoms with van der Waals surface area (Å²) in [4.78, 5) is 31.0. The van der Waals surface area contributed by atoms with Gasteiger partial charge >= 0.3 is 5.97 Å². The molecule has 0 amide bonds. The van der Waals surface area contributed by atoms with Crippen molar-refractivity contribution in [1.29, 1.82) is 0 Å². The van der Waals surface area contributed by atoms with E-state index >= 15 is 0 Å². The molecule has 2 heterocycles. The average molecular weight is 418 g/mol. The van der Waals surface area contributed by atoms with E-state index in [1.54, 1.807) is 37.4 Å². The van der Waals surface area contributed by atoms with Gasteiger partial charge in [0.1, 0.15) is 10.8 Å². The van der Waals surface area contributed by atoms with Crippen molar-refractivity contribution in [1.82, 2.24) is 9.97 Å². The molecule has 28 heavy (non-hydrogen) atoms. The fourth-order valence-electron chi connectivity index (χ4n) is 2.74. The van der Waals surface area contributed by atoms with E-state index < -0.39 is 21.4 Å². The lowest BCUT2D eigenvalue weighted by Gasteiger charge is -2.10. The monoisotopic (exact) mass is 418 g/mol. The summed E-state index contributed by atoms with van der Waals surface area (Å²) >= 11 is 1.11. The first-order chi connectivity index (χ1) is 13.2. The molecule has 0 saturated heterocycles. The van der Waals surface area contributed by atoms with Crippen LogP contribution in [0.25, 0.3) is 11.3 Å². The predicted octanol–water partition coefficient (Wildman–Crippen LogP) is 3.29. The second kappa shape index (κ2) is 7.69. The lowest BCUT2D eigenvalue weighted by Crippen LogP contribution is -2.17. The lowest BCUT2D eigenvalue weighted by atomic mass is 10.0. The topological polar surface area (TPSA) is 117 Å². The van der Waals surface area contributed by atoms with E-state index in [2.05, 4.69) is 9.97 Å². The van der Waals surface area contributed by atoms with Gasteiger partial charge in [-0.25, -0.2) is 18.2 Å². The van der Waals surface area contributed by atoms with E-state index in [-0.39, 0.29) is 33.4 Å². The largest absolute Gasteiger partial charge is 0.478 e. The van der Waals surface area contributed by atoms with Crippen LogP contribution in [0.15, 0.2) is 51.5 Å². The summed E-state index contributed by atoms with van der Waals surface area (Å²) in [7, 11) is -3.56. The molecule has 2 N–H and O–H groups in total. The van der Waals surface area contributed by atoms with Crippen molar-refractivity contribution >= 4 is 27.1 Å². The molecule has 0 aliphatic carbocycles. The molecule has 0 spiro atoms. The van der Waals surface area contributed by atoms with Crippen LogP contribution in [0.5, 0.6) is 0 Å². The maximum atomic E-state index is 12.5. The van der Waals surface area contributed by atoms with Crippen molar-refractivity contribution in [3.63, 3.8) is 0 Å². The Morgan fingerprint density at radius 2 is 1.93 bits per heavy atom. The Hall–Kier alpha value is -2.78. The normalized spacial score (nSPS) is 11.7. The average Bonchev–Trinajstić information content (AvgIpc) is 3.09. The SMILES string of the molecule is CC(C)c1[nH]c(=O)c(-c2csc(CS(=O)(=O)c3ccccc3)n2)cc1C(=O)O. The number of aromatic carboxylic acids is 1. The molecule has 0 atom stereocenters. The first kappa shape index (κ1) is 20.0. The minimum Gasteiger partial charge on any atom is -0.478 e. The van der Waals surface area contributed by atoms with Gasteiger partial charge in [0.25, 0.3) is 5.56 Å². The number of carbonyl (C=O) groups is 1. The smallest absolute Gasteiger partial charge is 0.337 e. The highest BCUT2D eigenvalue weighted by atomic mass is 32.2. The van der Waals surface area contributed by atoms with Crippen molar-refractivity contribution < 1.29 is 18.3 Å². The van der Waals surface area contributed by atoms with Gasteiger partial charge in [-0.15, -0.1) is 11.3 Å². The summed E-state index contributed by atoms with van der Waals surface area (Å²) in [5, 5.41) is 11.3. The van der Waals surface area contributed by atoms with E-state index in [1.165, 1.54) is 18.2 Å². The first-order valence-corrected chi connectivity index (χ1v) is 11.0. The molecule has 0 saturated carbocycles. The number of carboxylic acid groups (broad SMARTS) is 1. The van der Waals surface area contributed by atoms with Crippen LogP contribution in [0.3, 0.4) is 0 Å². The number of sulfone groups is 1. The summed E-state index contributed by atoms with van der Waals surface area (Å²) in [5.74, 6) is -1.62. The standard InChI is InChI=1S/C19H18N2O5S2/c1-11(2)17-14(19(23)24)8-13(18(22)21-17)15-9-27-16(20-15)10-28(25,26)12-6-4-3-5-7-12/h3-9,11H,10H2,1-2H3,(H,21,22)(H,23,24). The van der Waals surface area contributed by atoms with Crippen LogP contribution in [0.1, 0.15) is 40.8 Å². The number of nitrogens with one attached hydrogen (secondary N) is 1. The van der Waals surface area contributed by atoms with Gasteiger partial charge in [-0.2, -0.15) is 0 Å². The number of pyridine rings is 1. The summed E-state index contributed by atoms with van der Waals surface area (Å²) < 4.78 is 25.0. The van der Waals surface area contributed by atoms with Crippen LogP contribution in [0.2, 0.25) is 0 Å². The third-order valence-corrected chi connectivity index (χ3v) is 6.80. The molecule has 146 valence electrons. The second-order valence-electron chi connectivity index (χ2n) is 6.50. The van der Waals surface area contributed by atoms with Crippen molar-refractivity contribution in [3.05, 3.63) is 68.4 Å². The quantitative estimate of drug-likeness (QED) is 0.634.